The fraction of sp³-hybridized carbons (Fsp3) is 0.538. The van der Waals surface area contributed by atoms with Crippen LogP contribution < -0.4 is 14.7 Å². The predicted molar refractivity (Wildman–Crippen MR) is 134 cm³/mol. The molecule has 9 heteroatoms. The molecule has 1 aromatic carbocycles. The maximum Gasteiger partial charge on any atom is 0.416 e. The summed E-state index contributed by atoms with van der Waals surface area (Å²) in [4.78, 5) is 18.7. The molecule has 0 radical (unpaired) electrons. The first-order valence-electron chi connectivity index (χ1n) is 12.8. The van der Waals surface area contributed by atoms with Crippen LogP contribution in [-0.4, -0.2) is 49.2 Å². The van der Waals surface area contributed by atoms with Crippen LogP contribution in [0.3, 0.4) is 0 Å². The van der Waals surface area contributed by atoms with Crippen LogP contribution in [0.15, 0.2) is 24.3 Å². The molecule has 2 aliphatic heterocycles. The van der Waals surface area contributed by atoms with Crippen molar-refractivity contribution in [3.63, 3.8) is 0 Å². The molecule has 35 heavy (non-hydrogen) atoms. The lowest BCUT2D eigenvalue weighted by Gasteiger charge is -2.37. The molecule has 2 saturated heterocycles. The van der Waals surface area contributed by atoms with Crippen molar-refractivity contribution >= 4 is 33.1 Å². The lowest BCUT2D eigenvalue weighted by Crippen LogP contribution is -3.11. The summed E-state index contributed by atoms with van der Waals surface area (Å²) in [6.45, 7) is 6.07. The van der Waals surface area contributed by atoms with Crippen molar-refractivity contribution in [1.29, 1.82) is 0 Å². The molecule has 0 bridgehead atoms. The molecule has 6 rings (SSSR count). The lowest BCUT2D eigenvalue weighted by atomic mass is 10.1. The number of anilines is 2. The fourth-order valence-electron chi connectivity index (χ4n) is 5.84. The first-order valence-corrected chi connectivity index (χ1v) is 13.6. The molecule has 3 aromatic rings. The number of piperidine rings is 1. The minimum absolute atomic E-state index is 0.589. The Kier molecular flexibility index (Phi) is 6.08. The van der Waals surface area contributed by atoms with Gasteiger partial charge in [-0.25, -0.2) is 9.97 Å². The fourth-order valence-corrected chi connectivity index (χ4v) is 7.11. The van der Waals surface area contributed by atoms with Crippen LogP contribution in [0.5, 0.6) is 0 Å². The van der Waals surface area contributed by atoms with Crippen molar-refractivity contribution < 1.29 is 18.1 Å². The molecular weight excluding hydrogens is 471 g/mol. The number of piperazine rings is 1. The summed E-state index contributed by atoms with van der Waals surface area (Å²) in [5.74, 6) is 1.98. The second-order valence-electron chi connectivity index (χ2n) is 10.0. The molecule has 0 atom stereocenters. The Bertz CT molecular complexity index is 1210. The molecule has 5 nitrogen and oxygen atoms in total. The van der Waals surface area contributed by atoms with Crippen LogP contribution in [0.25, 0.3) is 10.2 Å². The topological polar surface area (TPSA) is 36.7 Å². The lowest BCUT2D eigenvalue weighted by molar-refractivity contribution is -0.919. The zero-order valence-electron chi connectivity index (χ0n) is 19.8. The van der Waals surface area contributed by atoms with Crippen molar-refractivity contribution in [1.82, 2.24) is 9.97 Å². The molecule has 4 heterocycles. The van der Waals surface area contributed by atoms with Crippen LogP contribution in [0.4, 0.5) is 24.7 Å². The maximum atomic E-state index is 13.2. The highest BCUT2D eigenvalue weighted by Crippen LogP contribution is 2.41. The van der Waals surface area contributed by atoms with E-state index in [0.717, 1.165) is 55.0 Å². The molecule has 2 aromatic heterocycles. The molecular formula is C26H31F3N5S+. The van der Waals surface area contributed by atoms with Crippen LogP contribution in [-0.2, 0) is 25.6 Å². The number of rotatable bonds is 4. The molecule has 0 amide bonds. The largest absolute Gasteiger partial charge is 0.416 e. The van der Waals surface area contributed by atoms with Crippen LogP contribution in [0.1, 0.15) is 47.5 Å². The second kappa shape index (κ2) is 9.24. The number of hydrogen-bond acceptors (Lipinski definition) is 5. The predicted octanol–water partition coefficient (Wildman–Crippen LogP) is 4.09. The van der Waals surface area contributed by atoms with Gasteiger partial charge in [0.1, 0.15) is 17.2 Å². The Morgan fingerprint density at radius 3 is 2.46 bits per heavy atom. The van der Waals surface area contributed by atoms with Crippen molar-refractivity contribution in [2.75, 3.05) is 49.1 Å². The van der Waals surface area contributed by atoms with Crippen LogP contribution in [0, 0.1) is 0 Å². The summed E-state index contributed by atoms with van der Waals surface area (Å²) >= 11 is 1.84. The Morgan fingerprint density at radius 2 is 1.69 bits per heavy atom. The van der Waals surface area contributed by atoms with E-state index in [1.807, 2.05) is 11.3 Å². The highest BCUT2D eigenvalue weighted by molar-refractivity contribution is 7.19. The number of hydrogen-bond donors (Lipinski definition) is 1. The highest BCUT2D eigenvalue weighted by Gasteiger charge is 2.32. The Morgan fingerprint density at radius 1 is 0.914 bits per heavy atom. The molecule has 0 spiro atoms. The average Bonchev–Trinajstić information content (AvgIpc) is 3.45. The van der Waals surface area contributed by atoms with Gasteiger partial charge < -0.3 is 14.7 Å². The van der Waals surface area contributed by atoms with Crippen molar-refractivity contribution in [2.24, 2.45) is 0 Å². The van der Waals surface area contributed by atoms with E-state index in [2.05, 4.69) is 9.80 Å². The molecule has 186 valence electrons. The van der Waals surface area contributed by atoms with Gasteiger partial charge in [-0.15, -0.1) is 11.3 Å². The molecule has 3 aliphatic rings. The number of quaternary nitrogens is 1. The summed E-state index contributed by atoms with van der Waals surface area (Å²) in [7, 11) is 0. The highest BCUT2D eigenvalue weighted by atomic mass is 32.1. The zero-order chi connectivity index (χ0) is 24.0. The Balaban J connectivity index is 1.27. The van der Waals surface area contributed by atoms with Gasteiger partial charge in [0, 0.05) is 36.7 Å². The molecule has 1 aliphatic carbocycles. The average molecular weight is 503 g/mol. The SMILES string of the molecule is FC(F)(F)c1cccc(N2CCN(c3nc(C[NH+]4CCCCC4)nc4sc5c(c34)CCC5)CC2)c1. The van der Waals surface area contributed by atoms with E-state index in [9.17, 15) is 13.2 Å². The van der Waals surface area contributed by atoms with E-state index in [1.165, 1.54) is 66.7 Å². The number of nitrogens with one attached hydrogen (secondary N) is 1. The Labute approximate surface area is 207 Å². The third kappa shape index (κ3) is 4.60. The van der Waals surface area contributed by atoms with Crippen LogP contribution in [0.2, 0.25) is 0 Å². The summed E-state index contributed by atoms with van der Waals surface area (Å²) in [6.07, 6.45) is 2.96. The van der Waals surface area contributed by atoms with Crippen molar-refractivity contribution in [2.45, 2.75) is 51.2 Å². The third-order valence-electron chi connectivity index (χ3n) is 7.68. The van der Waals surface area contributed by atoms with E-state index >= 15 is 0 Å². The van der Waals surface area contributed by atoms with Gasteiger partial charge in [-0.05, 0) is 62.3 Å². The maximum absolute atomic E-state index is 13.2. The Hall–Kier alpha value is -2.39. The number of aromatic nitrogens is 2. The van der Waals surface area contributed by atoms with Gasteiger partial charge in [-0.2, -0.15) is 13.2 Å². The molecule has 1 N–H and O–H groups in total. The van der Waals surface area contributed by atoms with E-state index < -0.39 is 11.7 Å². The molecule has 0 saturated carbocycles. The third-order valence-corrected chi connectivity index (χ3v) is 8.86. The molecule has 0 unspecified atom stereocenters. The number of thiophene rings is 1. The van der Waals surface area contributed by atoms with Crippen molar-refractivity contribution in [3.8, 4) is 0 Å². The van der Waals surface area contributed by atoms with Gasteiger partial charge in [0.15, 0.2) is 5.82 Å². The summed E-state index contributed by atoms with van der Waals surface area (Å²) < 4.78 is 39.6. The summed E-state index contributed by atoms with van der Waals surface area (Å²) in [5, 5.41) is 1.23. The normalized spacial score (nSPS) is 19.5. The van der Waals surface area contributed by atoms with Gasteiger partial charge in [-0.1, -0.05) is 6.07 Å². The minimum atomic E-state index is -4.32. The van der Waals surface area contributed by atoms with E-state index in [1.54, 1.807) is 11.0 Å². The van der Waals surface area contributed by atoms with Crippen molar-refractivity contribution in [3.05, 3.63) is 46.1 Å². The van der Waals surface area contributed by atoms with E-state index in [0.29, 0.717) is 18.8 Å². The van der Waals surface area contributed by atoms with Gasteiger partial charge in [-0.3, -0.25) is 0 Å². The number of benzene rings is 1. The van der Waals surface area contributed by atoms with E-state index in [4.69, 9.17) is 9.97 Å². The summed E-state index contributed by atoms with van der Waals surface area (Å²) in [5.41, 5.74) is 1.48. The van der Waals surface area contributed by atoms with Gasteiger partial charge in [0.2, 0.25) is 0 Å². The monoisotopic (exact) mass is 502 g/mol. The standard InChI is InChI=1S/C26H30F3N5S/c27-26(28,29)18-6-4-7-19(16-18)33-12-14-34(15-13-33)24-23-20-8-5-9-21(20)35-25(23)31-22(30-24)17-32-10-2-1-3-11-32/h4,6-7,16H,1-3,5,8-15,17H2/p+1. The second-order valence-corrected chi connectivity index (χ2v) is 11.1. The number of nitrogens with zero attached hydrogens (tertiary/aromatic N) is 4. The van der Waals surface area contributed by atoms with Gasteiger partial charge in [0.25, 0.3) is 0 Å². The van der Waals surface area contributed by atoms with Gasteiger partial charge >= 0.3 is 6.18 Å². The van der Waals surface area contributed by atoms with Crippen LogP contribution >= 0.6 is 11.3 Å². The number of halogens is 3. The number of likely N-dealkylation sites (tertiary alicyclic amines) is 1. The number of fused-ring (bicyclic) bond motifs is 3. The number of aryl methyl sites for hydroxylation is 2. The van der Waals surface area contributed by atoms with Gasteiger partial charge in [0.05, 0.1) is 24.0 Å². The summed E-state index contributed by atoms with van der Waals surface area (Å²) in [6, 6.07) is 5.69. The minimum Gasteiger partial charge on any atom is -0.368 e. The first-order chi connectivity index (χ1) is 17.0. The number of alkyl halides is 3. The first kappa shape index (κ1) is 23.0. The van der Waals surface area contributed by atoms with E-state index in [-0.39, 0.29) is 0 Å². The smallest absolute Gasteiger partial charge is 0.368 e. The zero-order valence-corrected chi connectivity index (χ0v) is 20.6. The molecule has 2 fully saturated rings. The quantitative estimate of drug-likeness (QED) is 0.583.